The van der Waals surface area contributed by atoms with Crippen molar-refractivity contribution in [1.29, 1.82) is 0 Å². The van der Waals surface area contributed by atoms with Crippen LogP contribution in [0, 0.1) is 0 Å². The quantitative estimate of drug-likeness (QED) is 0.830. The molecular formula is C17H34N4. The average Bonchev–Trinajstić information content (AvgIpc) is 3.14. The molecule has 4 nitrogen and oxygen atoms in total. The predicted octanol–water partition coefficient (Wildman–Crippen LogP) is 1.36. The first kappa shape index (κ1) is 15.7. The first-order valence-electron chi connectivity index (χ1n) is 9.18. The lowest BCUT2D eigenvalue weighted by molar-refractivity contribution is 0.0487. The minimum Gasteiger partial charge on any atom is -0.329 e. The predicted molar refractivity (Wildman–Crippen MR) is 88.5 cm³/mol. The molecule has 3 heterocycles. The van der Waals surface area contributed by atoms with Crippen LogP contribution < -0.4 is 5.73 Å². The molecule has 4 heteroatoms. The van der Waals surface area contributed by atoms with Crippen LogP contribution in [0.1, 0.15) is 46.0 Å². The number of fused-ring (bicyclic) bond motifs is 1. The highest BCUT2D eigenvalue weighted by Gasteiger charge is 2.52. The molecule has 3 atom stereocenters. The van der Waals surface area contributed by atoms with Crippen molar-refractivity contribution in [3.8, 4) is 0 Å². The normalized spacial score (nSPS) is 38.3. The molecule has 21 heavy (non-hydrogen) atoms. The number of piperidine rings is 1. The fourth-order valence-corrected chi connectivity index (χ4v) is 5.29. The van der Waals surface area contributed by atoms with E-state index in [9.17, 15) is 0 Å². The van der Waals surface area contributed by atoms with E-state index >= 15 is 0 Å². The van der Waals surface area contributed by atoms with Gasteiger partial charge in [-0.2, -0.15) is 0 Å². The zero-order valence-electron chi connectivity index (χ0n) is 14.1. The number of likely N-dealkylation sites (N-methyl/N-ethyl adjacent to an activating group) is 1. The number of nitrogens with two attached hydrogens (primary N) is 1. The summed E-state index contributed by atoms with van der Waals surface area (Å²) in [6.45, 7) is 12.9. The zero-order valence-corrected chi connectivity index (χ0v) is 14.1. The van der Waals surface area contributed by atoms with E-state index in [-0.39, 0.29) is 5.54 Å². The topological polar surface area (TPSA) is 35.7 Å². The number of rotatable bonds is 5. The molecule has 0 aromatic heterocycles. The van der Waals surface area contributed by atoms with Crippen LogP contribution in [0.4, 0.5) is 0 Å². The molecule has 0 aliphatic carbocycles. The maximum atomic E-state index is 6.36. The van der Waals surface area contributed by atoms with Crippen molar-refractivity contribution in [2.75, 3.05) is 45.8 Å². The molecule has 0 aromatic carbocycles. The van der Waals surface area contributed by atoms with Gasteiger partial charge in [-0.3, -0.25) is 14.7 Å². The number of likely N-dealkylation sites (tertiary alicyclic amines) is 1. The van der Waals surface area contributed by atoms with Crippen LogP contribution in [0.3, 0.4) is 0 Å². The highest BCUT2D eigenvalue weighted by Crippen LogP contribution is 2.40. The van der Waals surface area contributed by atoms with Gasteiger partial charge in [0.15, 0.2) is 0 Å². The summed E-state index contributed by atoms with van der Waals surface area (Å²) in [6, 6.07) is 1.48. The van der Waals surface area contributed by atoms with Gasteiger partial charge in [0.05, 0.1) is 0 Å². The van der Waals surface area contributed by atoms with E-state index in [1.165, 1.54) is 71.4 Å². The Hall–Kier alpha value is -0.160. The molecule has 0 saturated carbocycles. The molecule has 2 N–H and O–H groups in total. The second-order valence-electron chi connectivity index (χ2n) is 7.21. The molecule has 0 radical (unpaired) electrons. The molecule has 3 saturated heterocycles. The second kappa shape index (κ2) is 6.53. The van der Waals surface area contributed by atoms with Crippen molar-refractivity contribution in [2.24, 2.45) is 5.73 Å². The standard InChI is InChI=1S/C17H34N4/c1-3-19(4-2)15-8-11-21(13-15)17(14-18)9-12-20-10-6-5-7-16(17)20/h15-16H,3-14,18H2,1-2H3. The first-order valence-corrected chi connectivity index (χ1v) is 9.18. The molecule has 0 spiro atoms. The summed E-state index contributed by atoms with van der Waals surface area (Å²) in [5, 5.41) is 0. The Labute approximate surface area is 130 Å². The van der Waals surface area contributed by atoms with Gasteiger partial charge in [-0.05, 0) is 45.3 Å². The van der Waals surface area contributed by atoms with Crippen molar-refractivity contribution >= 4 is 0 Å². The van der Waals surface area contributed by atoms with Crippen LogP contribution in [-0.4, -0.2) is 78.1 Å². The van der Waals surface area contributed by atoms with Crippen molar-refractivity contribution in [1.82, 2.24) is 14.7 Å². The summed E-state index contributed by atoms with van der Waals surface area (Å²) < 4.78 is 0. The summed E-state index contributed by atoms with van der Waals surface area (Å²) >= 11 is 0. The number of hydrogen-bond acceptors (Lipinski definition) is 4. The Morgan fingerprint density at radius 2 is 1.90 bits per heavy atom. The molecule has 0 bridgehead atoms. The van der Waals surface area contributed by atoms with Gasteiger partial charge in [0.2, 0.25) is 0 Å². The van der Waals surface area contributed by atoms with E-state index in [1.54, 1.807) is 0 Å². The lowest BCUT2D eigenvalue weighted by Gasteiger charge is -2.46. The Morgan fingerprint density at radius 1 is 1.10 bits per heavy atom. The fraction of sp³-hybridized carbons (Fsp3) is 1.00. The molecule has 3 fully saturated rings. The summed E-state index contributed by atoms with van der Waals surface area (Å²) in [6.07, 6.45) is 6.77. The highest BCUT2D eigenvalue weighted by molar-refractivity contribution is 5.10. The maximum Gasteiger partial charge on any atom is 0.0499 e. The average molecular weight is 294 g/mol. The van der Waals surface area contributed by atoms with Gasteiger partial charge in [-0.1, -0.05) is 20.3 Å². The van der Waals surface area contributed by atoms with Crippen LogP contribution in [0.5, 0.6) is 0 Å². The van der Waals surface area contributed by atoms with Gasteiger partial charge in [0.1, 0.15) is 0 Å². The van der Waals surface area contributed by atoms with E-state index in [0.717, 1.165) is 18.6 Å². The van der Waals surface area contributed by atoms with Crippen LogP contribution in [0.25, 0.3) is 0 Å². The molecule has 3 aliphatic heterocycles. The van der Waals surface area contributed by atoms with Crippen molar-refractivity contribution < 1.29 is 0 Å². The molecule has 3 unspecified atom stereocenters. The molecular weight excluding hydrogens is 260 g/mol. The van der Waals surface area contributed by atoms with Crippen LogP contribution >= 0.6 is 0 Å². The minimum atomic E-state index is 0.280. The van der Waals surface area contributed by atoms with Crippen molar-refractivity contribution in [3.63, 3.8) is 0 Å². The molecule has 122 valence electrons. The first-order chi connectivity index (χ1) is 10.2. The van der Waals surface area contributed by atoms with E-state index in [1.807, 2.05) is 0 Å². The van der Waals surface area contributed by atoms with Gasteiger partial charge in [0.25, 0.3) is 0 Å². The van der Waals surface area contributed by atoms with Gasteiger partial charge in [-0.15, -0.1) is 0 Å². The molecule has 0 aromatic rings. The van der Waals surface area contributed by atoms with E-state index in [4.69, 9.17) is 5.73 Å². The van der Waals surface area contributed by atoms with Crippen molar-refractivity contribution in [2.45, 2.75) is 63.6 Å². The molecule has 3 rings (SSSR count). The Bertz CT molecular complexity index is 344. The molecule has 3 aliphatic rings. The summed E-state index contributed by atoms with van der Waals surface area (Å²) in [5.74, 6) is 0. The van der Waals surface area contributed by atoms with Gasteiger partial charge >= 0.3 is 0 Å². The zero-order chi connectivity index (χ0) is 14.9. The highest BCUT2D eigenvalue weighted by atomic mass is 15.4. The van der Waals surface area contributed by atoms with Gasteiger partial charge in [-0.25, -0.2) is 0 Å². The Morgan fingerprint density at radius 3 is 2.62 bits per heavy atom. The Kier molecular flexibility index (Phi) is 4.89. The number of nitrogens with zero attached hydrogens (tertiary/aromatic N) is 3. The summed E-state index contributed by atoms with van der Waals surface area (Å²) in [7, 11) is 0. The smallest absolute Gasteiger partial charge is 0.0499 e. The van der Waals surface area contributed by atoms with Crippen LogP contribution in [-0.2, 0) is 0 Å². The summed E-state index contributed by atoms with van der Waals surface area (Å²) in [5.41, 5.74) is 6.64. The monoisotopic (exact) mass is 294 g/mol. The third-order valence-electron chi connectivity index (χ3n) is 6.54. The van der Waals surface area contributed by atoms with Crippen LogP contribution in [0.15, 0.2) is 0 Å². The largest absolute Gasteiger partial charge is 0.329 e. The minimum absolute atomic E-state index is 0.280. The van der Waals surface area contributed by atoms with Crippen molar-refractivity contribution in [3.05, 3.63) is 0 Å². The SMILES string of the molecule is CCN(CC)C1CCN(C2(CN)CCN3CCCCC32)C1. The third-order valence-corrected chi connectivity index (χ3v) is 6.54. The van der Waals surface area contributed by atoms with Crippen LogP contribution in [0.2, 0.25) is 0 Å². The Balaban J connectivity index is 1.72. The molecule has 0 amide bonds. The number of hydrogen-bond donors (Lipinski definition) is 1. The summed E-state index contributed by atoms with van der Waals surface area (Å²) in [4.78, 5) is 8.16. The van der Waals surface area contributed by atoms with Gasteiger partial charge in [0, 0.05) is 43.8 Å². The second-order valence-corrected chi connectivity index (χ2v) is 7.21. The van der Waals surface area contributed by atoms with Gasteiger partial charge < -0.3 is 5.73 Å². The van der Waals surface area contributed by atoms with E-state index in [2.05, 4.69) is 28.5 Å². The lowest BCUT2D eigenvalue weighted by atomic mass is 9.84. The maximum absolute atomic E-state index is 6.36. The fourth-order valence-electron chi connectivity index (χ4n) is 5.29. The van der Waals surface area contributed by atoms with E-state index < -0.39 is 0 Å². The van der Waals surface area contributed by atoms with E-state index in [0.29, 0.717) is 0 Å². The third kappa shape index (κ3) is 2.65. The lowest BCUT2D eigenvalue weighted by Crippen LogP contribution is -2.61.